The van der Waals surface area contributed by atoms with Gasteiger partial charge in [0.2, 0.25) is 0 Å². The summed E-state index contributed by atoms with van der Waals surface area (Å²) in [5.41, 5.74) is 7.26. The number of amides is 2. The second-order valence-electron chi connectivity index (χ2n) is 4.20. The van der Waals surface area contributed by atoms with Gasteiger partial charge in [0.25, 0.3) is 11.8 Å². The summed E-state index contributed by atoms with van der Waals surface area (Å²) in [5.74, 6) is -0.625. The van der Waals surface area contributed by atoms with Crippen molar-refractivity contribution in [2.75, 3.05) is 0 Å². The molecule has 1 heterocycles. The van der Waals surface area contributed by atoms with Crippen LogP contribution in [-0.4, -0.2) is 11.8 Å². The van der Waals surface area contributed by atoms with E-state index in [4.69, 9.17) is 0 Å². The Kier molecular flexibility index (Phi) is 3.97. The highest BCUT2D eigenvalue weighted by molar-refractivity contribution is 7.12. The van der Waals surface area contributed by atoms with E-state index in [2.05, 4.69) is 10.9 Å². The molecule has 0 saturated carbocycles. The zero-order valence-electron chi connectivity index (χ0n) is 10.7. The fourth-order valence-electron chi connectivity index (χ4n) is 1.63. The number of carbonyl (C=O) groups excluding carboxylic acids is 2. The first kappa shape index (κ1) is 13.3. The van der Waals surface area contributed by atoms with E-state index in [1.807, 2.05) is 26.0 Å². The summed E-state index contributed by atoms with van der Waals surface area (Å²) in [4.78, 5) is 24.2. The van der Waals surface area contributed by atoms with Crippen LogP contribution in [0.5, 0.6) is 0 Å². The number of hydrogen-bond donors (Lipinski definition) is 2. The lowest BCUT2D eigenvalue weighted by molar-refractivity contribution is 0.0848. The van der Waals surface area contributed by atoms with Gasteiger partial charge in [-0.2, -0.15) is 0 Å². The zero-order valence-corrected chi connectivity index (χ0v) is 11.5. The summed E-state index contributed by atoms with van der Waals surface area (Å²) < 4.78 is 0. The molecule has 0 unspecified atom stereocenters. The molecule has 0 saturated heterocycles. The highest BCUT2D eigenvalue weighted by atomic mass is 32.1. The number of aryl methyl sites for hydroxylation is 2. The molecule has 0 atom stereocenters. The average Bonchev–Trinajstić information content (AvgIpc) is 2.92. The monoisotopic (exact) mass is 274 g/mol. The first-order valence-corrected chi connectivity index (χ1v) is 6.67. The fourth-order valence-corrected chi connectivity index (χ4v) is 2.25. The van der Waals surface area contributed by atoms with Crippen LogP contribution < -0.4 is 10.9 Å². The van der Waals surface area contributed by atoms with Crippen molar-refractivity contribution < 1.29 is 9.59 Å². The summed E-state index contributed by atoms with van der Waals surface area (Å²) in [6.45, 7) is 3.77. The van der Waals surface area contributed by atoms with Crippen LogP contribution in [0.3, 0.4) is 0 Å². The molecule has 2 N–H and O–H groups in total. The molecule has 0 fully saturated rings. The molecule has 0 bridgehead atoms. The Hall–Kier alpha value is -2.14. The molecule has 0 radical (unpaired) electrons. The molecule has 1 aromatic carbocycles. The van der Waals surface area contributed by atoms with E-state index in [1.165, 1.54) is 11.3 Å². The van der Waals surface area contributed by atoms with Gasteiger partial charge in [-0.3, -0.25) is 20.4 Å². The van der Waals surface area contributed by atoms with Crippen molar-refractivity contribution in [3.8, 4) is 0 Å². The summed E-state index contributed by atoms with van der Waals surface area (Å²) in [7, 11) is 0. The maximum atomic E-state index is 12.0. The second-order valence-corrected chi connectivity index (χ2v) is 5.15. The molecule has 0 aliphatic rings. The highest BCUT2D eigenvalue weighted by Crippen LogP contribution is 2.10. The van der Waals surface area contributed by atoms with E-state index < -0.39 is 0 Å². The third kappa shape index (κ3) is 3.20. The highest BCUT2D eigenvalue weighted by Gasteiger charge is 2.11. The molecule has 0 aliphatic carbocycles. The van der Waals surface area contributed by atoms with Gasteiger partial charge in [0.05, 0.1) is 4.88 Å². The fraction of sp³-hybridized carbons (Fsp3) is 0.143. The average molecular weight is 274 g/mol. The Morgan fingerprint density at radius 3 is 2.47 bits per heavy atom. The van der Waals surface area contributed by atoms with Gasteiger partial charge >= 0.3 is 0 Å². The molecule has 0 aliphatic heterocycles. The van der Waals surface area contributed by atoms with Crippen LogP contribution in [0.15, 0.2) is 35.7 Å². The Balaban J connectivity index is 2.02. The smallest absolute Gasteiger partial charge is 0.267 e. The van der Waals surface area contributed by atoms with Crippen LogP contribution in [0.4, 0.5) is 0 Å². The first-order valence-electron chi connectivity index (χ1n) is 5.79. The summed E-state index contributed by atoms with van der Waals surface area (Å²) >= 11 is 1.32. The number of benzene rings is 1. The van der Waals surface area contributed by atoms with Crippen molar-refractivity contribution in [1.82, 2.24) is 10.9 Å². The molecule has 19 heavy (non-hydrogen) atoms. The van der Waals surface area contributed by atoms with Crippen molar-refractivity contribution >= 4 is 23.2 Å². The first-order chi connectivity index (χ1) is 9.08. The van der Waals surface area contributed by atoms with Crippen molar-refractivity contribution in [1.29, 1.82) is 0 Å². The van der Waals surface area contributed by atoms with Gasteiger partial charge in [-0.25, -0.2) is 0 Å². The number of hydrazine groups is 1. The third-order valence-corrected chi connectivity index (χ3v) is 3.54. The van der Waals surface area contributed by atoms with Gasteiger partial charge in [-0.1, -0.05) is 23.8 Å². The molecule has 5 heteroatoms. The quantitative estimate of drug-likeness (QED) is 0.826. The predicted octanol–water partition coefficient (Wildman–Crippen LogP) is 2.44. The normalized spacial score (nSPS) is 10.0. The van der Waals surface area contributed by atoms with Gasteiger partial charge in [-0.05, 0) is 36.9 Å². The lowest BCUT2D eigenvalue weighted by Crippen LogP contribution is -2.41. The van der Waals surface area contributed by atoms with Crippen LogP contribution in [0, 0.1) is 13.8 Å². The molecule has 98 valence electrons. The molecule has 2 amide bonds. The maximum Gasteiger partial charge on any atom is 0.279 e. The van der Waals surface area contributed by atoms with E-state index in [0.717, 1.165) is 11.1 Å². The molecular formula is C14H14N2O2S. The number of rotatable bonds is 2. The van der Waals surface area contributed by atoms with E-state index in [-0.39, 0.29) is 11.8 Å². The number of carbonyl (C=O) groups is 2. The second kappa shape index (κ2) is 5.67. The largest absolute Gasteiger partial charge is 0.279 e. The Bertz CT molecular complexity index is 606. The molecule has 4 nitrogen and oxygen atoms in total. The predicted molar refractivity (Wildman–Crippen MR) is 75.2 cm³/mol. The standard InChI is InChI=1S/C14H14N2O2S/c1-9-5-6-10(2)11(8-9)13(17)15-16-14(18)12-4-3-7-19-12/h3-8H,1-2H3,(H,15,17)(H,16,18). The molecule has 2 aromatic rings. The van der Waals surface area contributed by atoms with Crippen molar-refractivity contribution in [2.45, 2.75) is 13.8 Å². The molecule has 1 aromatic heterocycles. The van der Waals surface area contributed by atoms with Crippen molar-refractivity contribution in [3.63, 3.8) is 0 Å². The van der Waals surface area contributed by atoms with E-state index in [0.29, 0.717) is 10.4 Å². The minimum absolute atomic E-state index is 0.311. The van der Waals surface area contributed by atoms with Crippen LogP contribution >= 0.6 is 11.3 Å². The van der Waals surface area contributed by atoms with Gasteiger partial charge in [0.15, 0.2) is 0 Å². The van der Waals surface area contributed by atoms with E-state index >= 15 is 0 Å². The van der Waals surface area contributed by atoms with Crippen LogP contribution in [0.25, 0.3) is 0 Å². The van der Waals surface area contributed by atoms with Crippen LogP contribution in [0.1, 0.15) is 31.2 Å². The van der Waals surface area contributed by atoms with Gasteiger partial charge in [0, 0.05) is 5.56 Å². The third-order valence-electron chi connectivity index (χ3n) is 2.67. The Morgan fingerprint density at radius 2 is 1.79 bits per heavy atom. The lowest BCUT2D eigenvalue weighted by Gasteiger charge is -2.09. The van der Waals surface area contributed by atoms with E-state index in [9.17, 15) is 9.59 Å². The summed E-state index contributed by atoms with van der Waals surface area (Å²) in [6, 6.07) is 9.10. The molecular weight excluding hydrogens is 260 g/mol. The summed E-state index contributed by atoms with van der Waals surface area (Å²) in [6.07, 6.45) is 0. The Morgan fingerprint density at radius 1 is 1.05 bits per heavy atom. The zero-order chi connectivity index (χ0) is 13.8. The lowest BCUT2D eigenvalue weighted by atomic mass is 10.1. The SMILES string of the molecule is Cc1ccc(C)c(C(=O)NNC(=O)c2cccs2)c1. The van der Waals surface area contributed by atoms with Gasteiger partial charge < -0.3 is 0 Å². The molecule has 2 rings (SSSR count). The van der Waals surface area contributed by atoms with E-state index in [1.54, 1.807) is 23.6 Å². The van der Waals surface area contributed by atoms with Gasteiger partial charge in [0.1, 0.15) is 0 Å². The summed E-state index contributed by atoms with van der Waals surface area (Å²) in [5, 5.41) is 1.81. The number of thiophene rings is 1. The van der Waals surface area contributed by atoms with Crippen LogP contribution in [-0.2, 0) is 0 Å². The number of nitrogens with one attached hydrogen (secondary N) is 2. The number of hydrogen-bond acceptors (Lipinski definition) is 3. The van der Waals surface area contributed by atoms with Gasteiger partial charge in [-0.15, -0.1) is 11.3 Å². The van der Waals surface area contributed by atoms with Crippen LogP contribution in [0.2, 0.25) is 0 Å². The topological polar surface area (TPSA) is 58.2 Å². The molecule has 0 spiro atoms. The minimum atomic E-state index is -0.314. The maximum absolute atomic E-state index is 12.0. The van der Waals surface area contributed by atoms with Crippen molar-refractivity contribution in [2.24, 2.45) is 0 Å². The Labute approximate surface area is 115 Å². The van der Waals surface area contributed by atoms with Crippen molar-refractivity contribution in [3.05, 3.63) is 57.3 Å². The minimum Gasteiger partial charge on any atom is -0.267 e.